The Morgan fingerprint density at radius 3 is 0.919 bits per heavy atom. The Labute approximate surface area is 534 Å². The van der Waals surface area contributed by atoms with E-state index in [4.69, 9.17) is 45.9 Å². The van der Waals surface area contributed by atoms with Gasteiger partial charge in [-0.15, -0.1) is 0 Å². The maximum atomic E-state index is 6.14. The Bertz CT molecular complexity index is 1580. The third-order valence-electron chi connectivity index (χ3n) is 20.7. The number of rotatable bonds is 24. The summed E-state index contributed by atoms with van der Waals surface area (Å²) in [6, 6.07) is 8.25. The van der Waals surface area contributed by atoms with Crippen LogP contribution in [0.1, 0.15) is 185 Å². The molecule has 5 fully saturated rings. The Hall–Kier alpha value is -0.760. The summed E-state index contributed by atoms with van der Waals surface area (Å²) in [5.74, 6) is 0. The molecular weight excluding hydrogens is 1070 g/mol. The second-order valence-corrected chi connectivity index (χ2v) is 29.8. The standard InChI is InChI=1S/3C14H32N4.C13H29N3.C12H28N4/c1-11-12(2)18(10-14(5,6)16)8-7-17(11)9-13(3,4)15;1-9(15)11(3)17-7-8-18(12(4)10(2)16)14(6)13(17)5;1-5-13(15)9-17-7-8-18(10-14(16)6-2)12(4)11(17)3;1-5-6-8-15-10-11-16(9-7-14-4)13(3)12(15)2;1-9(13)7-15-5-6-16(8-10(2)14)12(4)11(15)3/h11-12H,7-10,15-16H2,1-6H3;9-14H,7-8,15-16H2,1-6H3;11-14H,5-10,15-16H2,1-4H3;12-14H,5-11H2,1-4H3;9-12H,5-8,13-14H2,1-4H3. The van der Waals surface area contributed by atoms with Gasteiger partial charge in [-0.3, -0.25) is 49.0 Å². The van der Waals surface area contributed by atoms with Gasteiger partial charge in [-0.25, -0.2) is 0 Å². The lowest BCUT2D eigenvalue weighted by Gasteiger charge is -2.50. The maximum absolute atomic E-state index is 6.14. The van der Waals surface area contributed by atoms with Crippen LogP contribution in [0.15, 0.2) is 0 Å². The number of hydrogen-bond donors (Lipinski definition) is 9. The lowest BCUT2D eigenvalue weighted by molar-refractivity contribution is -0.0140. The highest BCUT2D eigenvalue weighted by Gasteiger charge is 2.38. The Morgan fingerprint density at radius 2 is 0.651 bits per heavy atom. The molecule has 19 heteroatoms. The molecule has 17 N–H and O–H groups in total. The third-order valence-corrected chi connectivity index (χ3v) is 20.7. The molecule has 0 aromatic rings. The highest BCUT2D eigenvalue weighted by molar-refractivity contribution is 4.96. The third kappa shape index (κ3) is 29.5. The Morgan fingerprint density at radius 1 is 0.384 bits per heavy atom. The van der Waals surface area contributed by atoms with E-state index in [1.165, 1.54) is 39.0 Å². The minimum absolute atomic E-state index is 0.122. The van der Waals surface area contributed by atoms with E-state index < -0.39 is 0 Å². The first kappa shape index (κ1) is 83.3. The monoisotopic (exact) mass is 1220 g/mol. The minimum Gasteiger partial charge on any atom is -0.327 e. The van der Waals surface area contributed by atoms with Crippen LogP contribution in [0, 0.1) is 0 Å². The molecule has 18 unspecified atom stereocenters. The number of nitrogens with zero attached hydrogens (tertiary/aromatic N) is 10. The highest BCUT2D eigenvalue weighted by atomic mass is 15.4. The second-order valence-electron chi connectivity index (χ2n) is 29.8. The first-order valence-electron chi connectivity index (χ1n) is 35.1. The Balaban J connectivity index is 0.000000538. The number of nitrogens with one attached hydrogen (secondary N) is 1. The van der Waals surface area contributed by atoms with Crippen LogP contribution in [0.3, 0.4) is 0 Å². The molecule has 5 aliphatic rings. The SMILES string of the molecule is CC(N)C(C)N1CCN(C(C)C(C)N)C(C)C1C.CC(N)CN1CCN(CC(C)N)C(C)C1C.CC1C(C)N(CC(C)(C)N)CCN1CC(C)(C)N.CCC(N)CN1CCN(CC(N)CC)C(C)C1C.CCCCN1CCN(CCNC)C(C)C1C. The molecule has 19 nitrogen and oxygen atoms in total. The van der Waals surface area contributed by atoms with Gasteiger partial charge in [0.2, 0.25) is 0 Å². The van der Waals surface area contributed by atoms with Crippen molar-refractivity contribution in [2.24, 2.45) is 45.9 Å². The summed E-state index contributed by atoms with van der Waals surface area (Å²) in [6.45, 7) is 71.8. The highest BCUT2D eigenvalue weighted by Crippen LogP contribution is 2.25. The smallest absolute Gasteiger partial charge is 0.0226 e. The first-order chi connectivity index (χ1) is 39.9. The molecule has 86 heavy (non-hydrogen) atoms. The van der Waals surface area contributed by atoms with Crippen molar-refractivity contribution in [2.45, 2.75) is 305 Å². The molecule has 5 aliphatic heterocycles. The fraction of sp³-hybridized carbons (Fsp3) is 1.00. The zero-order valence-corrected chi connectivity index (χ0v) is 61.2. The van der Waals surface area contributed by atoms with E-state index in [-0.39, 0.29) is 35.2 Å². The van der Waals surface area contributed by atoms with Crippen molar-refractivity contribution < 1.29 is 0 Å². The normalized spacial score (nSPS) is 30.8. The van der Waals surface area contributed by atoms with Gasteiger partial charge in [0, 0.05) is 238 Å². The van der Waals surface area contributed by atoms with Gasteiger partial charge in [-0.1, -0.05) is 27.2 Å². The average molecular weight is 1230 g/mol. The van der Waals surface area contributed by atoms with E-state index in [0.29, 0.717) is 84.6 Å². The second kappa shape index (κ2) is 41.1. The summed E-state index contributed by atoms with van der Waals surface area (Å²) < 4.78 is 0. The van der Waals surface area contributed by atoms with Crippen molar-refractivity contribution in [3.63, 3.8) is 0 Å². The molecule has 5 heterocycles. The molecule has 0 spiro atoms. The zero-order chi connectivity index (χ0) is 66.1. The van der Waals surface area contributed by atoms with Crippen LogP contribution < -0.4 is 51.2 Å². The summed E-state index contributed by atoms with van der Waals surface area (Å²) in [6.07, 6.45) is 4.76. The average Bonchev–Trinajstić information content (AvgIpc) is 1.23. The molecule has 5 saturated heterocycles. The van der Waals surface area contributed by atoms with E-state index in [9.17, 15) is 0 Å². The van der Waals surface area contributed by atoms with Crippen molar-refractivity contribution in [1.82, 2.24) is 54.3 Å². The molecule has 0 radical (unpaired) electrons. The van der Waals surface area contributed by atoms with E-state index in [1.54, 1.807) is 0 Å². The molecule has 516 valence electrons. The summed E-state index contributed by atoms with van der Waals surface area (Å²) in [7, 11) is 2.03. The van der Waals surface area contributed by atoms with Crippen LogP contribution in [0.25, 0.3) is 0 Å². The van der Waals surface area contributed by atoms with Crippen LogP contribution >= 0.6 is 0 Å². The van der Waals surface area contributed by atoms with Gasteiger partial charge >= 0.3 is 0 Å². The van der Waals surface area contributed by atoms with E-state index >= 15 is 0 Å². The quantitative estimate of drug-likeness (QED) is 0.0662. The van der Waals surface area contributed by atoms with Crippen LogP contribution in [0.5, 0.6) is 0 Å². The molecule has 0 amide bonds. The summed E-state index contributed by atoms with van der Waals surface area (Å²) in [5.41, 5.74) is 48.0. The zero-order valence-electron chi connectivity index (χ0n) is 61.2. The van der Waals surface area contributed by atoms with Crippen molar-refractivity contribution >= 4 is 0 Å². The summed E-state index contributed by atoms with van der Waals surface area (Å²) >= 11 is 0. The molecule has 0 saturated carbocycles. The molecule has 18 atom stereocenters. The van der Waals surface area contributed by atoms with Crippen LogP contribution in [-0.2, 0) is 0 Å². The predicted octanol–water partition coefficient (Wildman–Crippen LogP) is 4.04. The van der Waals surface area contributed by atoms with Gasteiger partial charge in [0.05, 0.1) is 0 Å². The number of nitrogens with two attached hydrogens (primary N) is 8. The number of piperazine rings is 5. The molecule has 5 rings (SSSR count). The largest absolute Gasteiger partial charge is 0.327 e. The van der Waals surface area contributed by atoms with Gasteiger partial charge in [0.1, 0.15) is 0 Å². The molecule has 0 aromatic heterocycles. The van der Waals surface area contributed by atoms with E-state index in [0.717, 1.165) is 111 Å². The number of hydrogen-bond acceptors (Lipinski definition) is 19. The topological polar surface area (TPSA) is 253 Å². The van der Waals surface area contributed by atoms with Crippen molar-refractivity contribution in [3.05, 3.63) is 0 Å². The van der Waals surface area contributed by atoms with Gasteiger partial charge in [0.25, 0.3) is 0 Å². The Kier molecular flexibility index (Phi) is 39.7. The van der Waals surface area contributed by atoms with Gasteiger partial charge in [-0.05, 0) is 171 Å². The van der Waals surface area contributed by atoms with Gasteiger partial charge in [0.15, 0.2) is 0 Å². The molecule has 0 bridgehead atoms. The van der Waals surface area contributed by atoms with E-state index in [2.05, 4.69) is 214 Å². The minimum atomic E-state index is -0.122. The maximum Gasteiger partial charge on any atom is 0.0226 e. The first-order valence-corrected chi connectivity index (χ1v) is 35.1. The molecule has 0 aromatic carbocycles. The van der Waals surface area contributed by atoms with Gasteiger partial charge < -0.3 is 51.2 Å². The van der Waals surface area contributed by atoms with Crippen molar-refractivity contribution in [2.75, 3.05) is 131 Å². The predicted molar refractivity (Wildman–Crippen MR) is 376 cm³/mol. The molecular formula is C67H153N19. The van der Waals surface area contributed by atoms with Gasteiger partial charge in [-0.2, -0.15) is 0 Å². The number of unbranched alkanes of at least 4 members (excludes halogenated alkanes) is 1. The fourth-order valence-corrected chi connectivity index (χ4v) is 13.4. The summed E-state index contributed by atoms with van der Waals surface area (Å²) in [4.78, 5) is 25.4. The lowest BCUT2D eigenvalue weighted by Crippen LogP contribution is -2.65. The lowest BCUT2D eigenvalue weighted by atomic mass is 9.97. The number of likely N-dealkylation sites (N-methyl/N-ethyl adjacent to an activating group) is 1. The van der Waals surface area contributed by atoms with E-state index in [1.807, 2.05) is 7.05 Å². The van der Waals surface area contributed by atoms with Crippen molar-refractivity contribution in [1.29, 1.82) is 0 Å². The fourth-order valence-electron chi connectivity index (χ4n) is 13.4. The van der Waals surface area contributed by atoms with Crippen LogP contribution in [0.4, 0.5) is 0 Å². The van der Waals surface area contributed by atoms with Crippen LogP contribution in [-0.4, -0.2) is 300 Å². The van der Waals surface area contributed by atoms with Crippen molar-refractivity contribution in [3.8, 4) is 0 Å². The molecule has 0 aliphatic carbocycles. The summed E-state index contributed by atoms with van der Waals surface area (Å²) in [5, 5.41) is 3.24. The van der Waals surface area contributed by atoms with Crippen LogP contribution in [0.2, 0.25) is 0 Å².